The van der Waals surface area contributed by atoms with Crippen molar-refractivity contribution in [1.29, 1.82) is 5.26 Å². The number of fused-ring (bicyclic) bond motifs is 1. The standard InChI is InChI=1S/C27H17Br3N2O2/c28-22-10-3-4-11-25(22)32-27(33)20(15-31)12-17-13-23(29)26(24(30)14-17)34-16-19-8-5-7-18-6-1-2-9-21(18)19/h1-14H,16H2,(H,32,33)/b20-12+. The lowest BCUT2D eigenvalue weighted by Crippen LogP contribution is -2.13. The van der Waals surface area contributed by atoms with Crippen LogP contribution in [0.25, 0.3) is 16.8 Å². The summed E-state index contributed by atoms with van der Waals surface area (Å²) in [6.45, 7) is 0.394. The highest BCUT2D eigenvalue weighted by Crippen LogP contribution is 2.36. The largest absolute Gasteiger partial charge is 0.487 e. The first-order valence-electron chi connectivity index (χ1n) is 10.2. The highest BCUT2D eigenvalue weighted by molar-refractivity contribution is 9.11. The quantitative estimate of drug-likeness (QED) is 0.171. The molecule has 0 aliphatic heterocycles. The molecule has 4 aromatic carbocycles. The number of amides is 1. The van der Waals surface area contributed by atoms with Crippen LogP contribution in [0.4, 0.5) is 5.69 Å². The summed E-state index contributed by atoms with van der Waals surface area (Å²) in [5.74, 6) is 0.152. The molecule has 0 saturated heterocycles. The fraction of sp³-hybridized carbons (Fsp3) is 0.0370. The van der Waals surface area contributed by atoms with Crippen LogP contribution in [0.2, 0.25) is 0 Å². The van der Waals surface area contributed by atoms with Crippen LogP contribution in [0.5, 0.6) is 5.75 Å². The van der Waals surface area contributed by atoms with Gasteiger partial charge in [-0.3, -0.25) is 4.79 Å². The average molecular weight is 641 g/mol. The molecule has 168 valence electrons. The van der Waals surface area contributed by atoms with Gasteiger partial charge in [0.2, 0.25) is 0 Å². The fourth-order valence-corrected chi connectivity index (χ4v) is 5.27. The van der Waals surface area contributed by atoms with Crippen molar-refractivity contribution in [2.75, 3.05) is 5.32 Å². The Morgan fingerprint density at radius 3 is 2.32 bits per heavy atom. The predicted octanol–water partition coefficient (Wildman–Crippen LogP) is 8.25. The predicted molar refractivity (Wildman–Crippen MR) is 146 cm³/mol. The van der Waals surface area contributed by atoms with Crippen molar-refractivity contribution < 1.29 is 9.53 Å². The van der Waals surface area contributed by atoms with E-state index in [0.717, 1.165) is 20.8 Å². The average Bonchev–Trinajstić information content (AvgIpc) is 2.83. The van der Waals surface area contributed by atoms with Gasteiger partial charge in [-0.1, -0.05) is 54.6 Å². The molecule has 0 atom stereocenters. The van der Waals surface area contributed by atoms with Crippen LogP contribution in [0.1, 0.15) is 11.1 Å². The molecule has 7 heteroatoms. The minimum Gasteiger partial charge on any atom is -0.487 e. The zero-order chi connectivity index (χ0) is 24.1. The third-order valence-corrected chi connectivity index (χ3v) is 6.94. The number of hydrogen-bond donors (Lipinski definition) is 1. The van der Waals surface area contributed by atoms with E-state index >= 15 is 0 Å². The minimum atomic E-state index is -0.488. The van der Waals surface area contributed by atoms with Gasteiger partial charge in [-0.25, -0.2) is 0 Å². The SMILES string of the molecule is N#C/C(=C\c1cc(Br)c(OCc2cccc3ccccc23)c(Br)c1)C(=O)Nc1ccccc1Br. The Hall–Kier alpha value is -2.92. The van der Waals surface area contributed by atoms with Gasteiger partial charge >= 0.3 is 0 Å². The molecule has 0 fully saturated rings. The van der Waals surface area contributed by atoms with Crippen LogP contribution < -0.4 is 10.1 Å². The van der Waals surface area contributed by atoms with Gasteiger partial charge in [0.05, 0.1) is 14.6 Å². The first-order chi connectivity index (χ1) is 16.5. The third-order valence-electron chi connectivity index (χ3n) is 5.07. The second-order valence-corrected chi connectivity index (χ2v) is 9.91. The van der Waals surface area contributed by atoms with Crippen molar-refractivity contribution in [2.45, 2.75) is 6.61 Å². The van der Waals surface area contributed by atoms with Crippen LogP contribution in [0.15, 0.2) is 97.9 Å². The Kier molecular flexibility index (Phi) is 7.84. The van der Waals surface area contributed by atoms with Crippen molar-refractivity contribution >= 4 is 76.2 Å². The van der Waals surface area contributed by atoms with Gasteiger partial charge in [0.15, 0.2) is 0 Å². The van der Waals surface area contributed by atoms with Crippen molar-refractivity contribution in [3.05, 3.63) is 109 Å². The molecule has 4 nitrogen and oxygen atoms in total. The van der Waals surface area contributed by atoms with E-state index in [-0.39, 0.29) is 5.57 Å². The first-order valence-corrected chi connectivity index (χ1v) is 12.6. The van der Waals surface area contributed by atoms with Gasteiger partial charge in [-0.15, -0.1) is 0 Å². The van der Waals surface area contributed by atoms with Gasteiger partial charge in [-0.05, 0) is 100 Å². The molecule has 4 aromatic rings. The minimum absolute atomic E-state index is 0.0148. The maximum absolute atomic E-state index is 12.6. The number of carbonyl (C=O) groups excluding carboxylic acids is 1. The summed E-state index contributed by atoms with van der Waals surface area (Å²) in [6, 6.07) is 27.1. The van der Waals surface area contributed by atoms with Gasteiger partial charge in [-0.2, -0.15) is 5.26 Å². The molecular formula is C27H17Br3N2O2. The van der Waals surface area contributed by atoms with Gasteiger partial charge in [0, 0.05) is 4.47 Å². The maximum atomic E-state index is 12.6. The van der Waals surface area contributed by atoms with E-state index in [9.17, 15) is 10.1 Å². The molecule has 0 spiro atoms. The van der Waals surface area contributed by atoms with Gasteiger partial charge in [0.25, 0.3) is 5.91 Å². The van der Waals surface area contributed by atoms with E-state index in [0.29, 0.717) is 32.6 Å². The lowest BCUT2D eigenvalue weighted by atomic mass is 10.1. The molecule has 0 aromatic heterocycles. The summed E-state index contributed by atoms with van der Waals surface area (Å²) < 4.78 is 8.27. The molecule has 1 amide bonds. The van der Waals surface area contributed by atoms with E-state index in [1.165, 1.54) is 6.08 Å². The molecule has 0 aliphatic rings. The summed E-state index contributed by atoms with van der Waals surface area (Å²) in [7, 11) is 0. The van der Waals surface area contributed by atoms with E-state index in [1.807, 2.05) is 54.6 Å². The van der Waals surface area contributed by atoms with Crippen LogP contribution >= 0.6 is 47.8 Å². The molecular weight excluding hydrogens is 624 g/mol. The summed E-state index contributed by atoms with van der Waals surface area (Å²) in [5, 5.41) is 14.6. The number of ether oxygens (including phenoxy) is 1. The number of anilines is 1. The summed E-state index contributed by atoms with van der Waals surface area (Å²) in [4.78, 5) is 12.6. The first kappa shape index (κ1) is 24.2. The zero-order valence-corrected chi connectivity index (χ0v) is 22.4. The number of benzene rings is 4. The van der Waals surface area contributed by atoms with Crippen LogP contribution in [-0.2, 0) is 11.4 Å². The molecule has 0 radical (unpaired) electrons. The molecule has 4 rings (SSSR count). The van der Waals surface area contributed by atoms with Crippen molar-refractivity contribution in [3.63, 3.8) is 0 Å². The highest BCUT2D eigenvalue weighted by atomic mass is 79.9. The number of rotatable bonds is 6. The smallest absolute Gasteiger partial charge is 0.266 e. The number of carbonyl (C=O) groups is 1. The molecule has 34 heavy (non-hydrogen) atoms. The topological polar surface area (TPSA) is 62.1 Å². The summed E-state index contributed by atoms with van der Waals surface area (Å²) in [6.07, 6.45) is 1.54. The fourth-order valence-electron chi connectivity index (χ4n) is 3.44. The number of halogens is 3. The van der Waals surface area contributed by atoms with Gasteiger partial charge < -0.3 is 10.1 Å². The summed E-state index contributed by atoms with van der Waals surface area (Å²) in [5.41, 5.74) is 2.33. The lowest BCUT2D eigenvalue weighted by Gasteiger charge is -2.13. The third kappa shape index (κ3) is 5.58. The maximum Gasteiger partial charge on any atom is 0.266 e. The molecule has 1 N–H and O–H groups in total. The molecule has 0 bridgehead atoms. The Morgan fingerprint density at radius 2 is 1.59 bits per heavy atom. The highest BCUT2D eigenvalue weighted by Gasteiger charge is 2.14. The normalized spacial score (nSPS) is 11.2. The Bertz CT molecular complexity index is 1430. The number of nitrogens with zero attached hydrogens (tertiary/aromatic N) is 1. The van der Waals surface area contributed by atoms with Crippen LogP contribution in [-0.4, -0.2) is 5.91 Å². The Balaban J connectivity index is 1.54. The van der Waals surface area contributed by atoms with E-state index in [2.05, 4.69) is 71.3 Å². The lowest BCUT2D eigenvalue weighted by molar-refractivity contribution is -0.112. The number of para-hydroxylation sites is 1. The zero-order valence-electron chi connectivity index (χ0n) is 17.7. The number of nitriles is 1. The van der Waals surface area contributed by atoms with Crippen molar-refractivity contribution in [3.8, 4) is 11.8 Å². The van der Waals surface area contributed by atoms with Crippen LogP contribution in [0, 0.1) is 11.3 Å². The van der Waals surface area contributed by atoms with Gasteiger partial charge in [0.1, 0.15) is 24.0 Å². The molecule has 0 aliphatic carbocycles. The van der Waals surface area contributed by atoms with E-state index in [1.54, 1.807) is 12.1 Å². The summed E-state index contributed by atoms with van der Waals surface area (Å²) >= 11 is 10.5. The molecule has 0 saturated carbocycles. The Labute approximate surface area is 222 Å². The van der Waals surface area contributed by atoms with Crippen molar-refractivity contribution in [1.82, 2.24) is 0 Å². The molecule has 0 heterocycles. The van der Waals surface area contributed by atoms with Crippen molar-refractivity contribution in [2.24, 2.45) is 0 Å². The van der Waals surface area contributed by atoms with E-state index < -0.39 is 5.91 Å². The van der Waals surface area contributed by atoms with Crippen LogP contribution in [0.3, 0.4) is 0 Å². The Morgan fingerprint density at radius 1 is 0.912 bits per heavy atom. The molecule has 0 unspecified atom stereocenters. The second-order valence-electron chi connectivity index (χ2n) is 7.34. The number of nitrogens with one attached hydrogen (secondary N) is 1. The second kappa shape index (κ2) is 11.0. The van der Waals surface area contributed by atoms with E-state index in [4.69, 9.17) is 4.74 Å². The monoisotopic (exact) mass is 638 g/mol. The number of hydrogen-bond acceptors (Lipinski definition) is 3.